The smallest absolute Gasteiger partial charge is 0.306 e. The Balaban J connectivity index is 1.80. The van der Waals surface area contributed by atoms with E-state index in [4.69, 9.17) is 4.74 Å². The maximum Gasteiger partial charge on any atom is 0.306 e. The van der Waals surface area contributed by atoms with E-state index in [9.17, 15) is 4.79 Å². The fraction of sp³-hybridized carbons (Fsp3) is 0.385. The Kier molecular flexibility index (Phi) is 6.00. The van der Waals surface area contributed by atoms with Gasteiger partial charge in [0.1, 0.15) is 0 Å². The Morgan fingerprint density at radius 1 is 1.50 bits per heavy atom. The molecule has 2 rings (SSSR count). The van der Waals surface area contributed by atoms with Gasteiger partial charge in [0.25, 0.3) is 0 Å². The minimum atomic E-state index is -0.169. The molecule has 0 atom stereocenters. The maximum absolute atomic E-state index is 11.3. The van der Waals surface area contributed by atoms with Crippen molar-refractivity contribution in [3.63, 3.8) is 0 Å². The van der Waals surface area contributed by atoms with E-state index >= 15 is 0 Å². The van der Waals surface area contributed by atoms with Gasteiger partial charge in [-0.15, -0.1) is 22.7 Å². The van der Waals surface area contributed by atoms with E-state index in [0.29, 0.717) is 19.4 Å². The average molecular weight is 375 g/mol. The van der Waals surface area contributed by atoms with E-state index in [1.54, 1.807) is 22.7 Å². The number of aryl methyl sites for hydroxylation is 1. The fourth-order valence-corrected chi connectivity index (χ4v) is 3.75. The standard InChI is InChI=1S/C13H15BrN2O2S2/c1-2-18-12(17)4-3-9-8-20-13(16-9)15-7-11-10(14)5-6-19-11/h5-6,8H,2-4,7H2,1H3,(H,15,16). The Morgan fingerprint density at radius 2 is 2.35 bits per heavy atom. The molecule has 0 aliphatic heterocycles. The summed E-state index contributed by atoms with van der Waals surface area (Å²) in [4.78, 5) is 17.0. The zero-order chi connectivity index (χ0) is 14.4. The third kappa shape index (κ3) is 4.57. The van der Waals surface area contributed by atoms with Crippen LogP contribution < -0.4 is 5.32 Å². The molecule has 0 spiro atoms. The van der Waals surface area contributed by atoms with Gasteiger partial charge >= 0.3 is 5.97 Å². The highest BCUT2D eigenvalue weighted by Gasteiger charge is 2.07. The number of hydrogen-bond acceptors (Lipinski definition) is 6. The highest BCUT2D eigenvalue weighted by molar-refractivity contribution is 9.10. The summed E-state index contributed by atoms with van der Waals surface area (Å²) in [5.74, 6) is -0.169. The van der Waals surface area contributed by atoms with Crippen LogP contribution in [-0.2, 0) is 22.5 Å². The van der Waals surface area contributed by atoms with Crippen molar-refractivity contribution in [2.75, 3.05) is 11.9 Å². The van der Waals surface area contributed by atoms with Gasteiger partial charge in [-0.2, -0.15) is 0 Å². The molecule has 2 aromatic rings. The van der Waals surface area contributed by atoms with Crippen molar-refractivity contribution in [1.29, 1.82) is 0 Å². The van der Waals surface area contributed by atoms with Crippen LogP contribution in [0.2, 0.25) is 0 Å². The molecule has 0 fully saturated rings. The first-order valence-electron chi connectivity index (χ1n) is 6.24. The van der Waals surface area contributed by atoms with Crippen LogP contribution in [0.1, 0.15) is 23.9 Å². The van der Waals surface area contributed by atoms with E-state index in [-0.39, 0.29) is 5.97 Å². The third-order valence-corrected chi connectivity index (χ3v) is 5.31. The average Bonchev–Trinajstić information content (AvgIpc) is 3.03. The van der Waals surface area contributed by atoms with Gasteiger partial charge in [-0.25, -0.2) is 4.98 Å². The molecule has 0 bridgehead atoms. The van der Waals surface area contributed by atoms with E-state index in [0.717, 1.165) is 21.8 Å². The molecular weight excluding hydrogens is 360 g/mol. The topological polar surface area (TPSA) is 51.2 Å². The first kappa shape index (κ1) is 15.5. The minimum absolute atomic E-state index is 0.169. The third-order valence-electron chi connectivity index (χ3n) is 2.53. The summed E-state index contributed by atoms with van der Waals surface area (Å²) in [6.45, 7) is 2.99. The zero-order valence-electron chi connectivity index (χ0n) is 11.0. The Labute approximate surface area is 134 Å². The second-order valence-electron chi connectivity index (χ2n) is 3.99. The number of thiophene rings is 1. The highest BCUT2D eigenvalue weighted by Crippen LogP contribution is 2.24. The number of rotatable bonds is 7. The number of ether oxygens (including phenoxy) is 1. The van der Waals surface area contributed by atoms with Crippen molar-refractivity contribution in [3.05, 3.63) is 31.9 Å². The van der Waals surface area contributed by atoms with Crippen molar-refractivity contribution in [1.82, 2.24) is 4.98 Å². The molecule has 0 saturated heterocycles. The molecule has 0 radical (unpaired) electrons. The van der Waals surface area contributed by atoms with Gasteiger partial charge in [0.15, 0.2) is 5.13 Å². The van der Waals surface area contributed by atoms with Gasteiger partial charge in [-0.05, 0) is 34.3 Å². The summed E-state index contributed by atoms with van der Waals surface area (Å²) in [6, 6.07) is 2.04. The van der Waals surface area contributed by atoms with Gasteiger partial charge in [-0.1, -0.05) is 0 Å². The number of esters is 1. The molecule has 7 heteroatoms. The Morgan fingerprint density at radius 3 is 3.05 bits per heavy atom. The normalized spacial score (nSPS) is 10.5. The molecule has 0 unspecified atom stereocenters. The maximum atomic E-state index is 11.3. The predicted octanol–water partition coefficient (Wildman–Crippen LogP) is 4.07. The lowest BCUT2D eigenvalue weighted by atomic mass is 10.2. The molecule has 0 aliphatic rings. The van der Waals surface area contributed by atoms with Gasteiger partial charge in [0.2, 0.25) is 0 Å². The highest BCUT2D eigenvalue weighted by atomic mass is 79.9. The predicted molar refractivity (Wildman–Crippen MR) is 86.4 cm³/mol. The molecule has 20 heavy (non-hydrogen) atoms. The number of carbonyl (C=O) groups excluding carboxylic acids is 1. The molecule has 0 aliphatic carbocycles. The van der Waals surface area contributed by atoms with Gasteiger partial charge in [0, 0.05) is 21.2 Å². The lowest BCUT2D eigenvalue weighted by Crippen LogP contribution is -2.05. The number of hydrogen-bond donors (Lipinski definition) is 1. The summed E-state index contributed by atoms with van der Waals surface area (Å²) in [5.41, 5.74) is 0.927. The number of thiazole rings is 1. The van der Waals surface area contributed by atoms with Crippen LogP contribution in [0.5, 0.6) is 0 Å². The molecule has 0 amide bonds. The van der Waals surface area contributed by atoms with Crippen LogP contribution in [-0.4, -0.2) is 17.6 Å². The monoisotopic (exact) mass is 374 g/mol. The molecular formula is C13H15BrN2O2S2. The quantitative estimate of drug-likeness (QED) is 0.741. The van der Waals surface area contributed by atoms with Gasteiger partial charge in [0.05, 0.1) is 25.3 Å². The second kappa shape index (κ2) is 7.75. The van der Waals surface area contributed by atoms with Gasteiger partial charge in [-0.3, -0.25) is 4.79 Å². The van der Waals surface area contributed by atoms with E-state index in [1.807, 2.05) is 23.8 Å². The molecule has 108 valence electrons. The number of aromatic nitrogens is 1. The largest absolute Gasteiger partial charge is 0.466 e. The molecule has 4 nitrogen and oxygen atoms in total. The van der Waals surface area contributed by atoms with E-state index in [2.05, 4.69) is 26.2 Å². The van der Waals surface area contributed by atoms with Gasteiger partial charge < -0.3 is 10.1 Å². The van der Waals surface area contributed by atoms with Crippen LogP contribution >= 0.6 is 38.6 Å². The summed E-state index contributed by atoms with van der Waals surface area (Å²) in [5, 5.41) is 8.20. The fourth-order valence-electron chi connectivity index (χ4n) is 1.57. The van der Waals surface area contributed by atoms with Crippen molar-refractivity contribution in [2.45, 2.75) is 26.3 Å². The zero-order valence-corrected chi connectivity index (χ0v) is 14.2. The summed E-state index contributed by atoms with van der Waals surface area (Å²) in [7, 11) is 0. The first-order chi connectivity index (χ1) is 9.69. The molecule has 1 N–H and O–H groups in total. The van der Waals surface area contributed by atoms with Crippen LogP contribution in [0.15, 0.2) is 21.3 Å². The number of anilines is 1. The lowest BCUT2D eigenvalue weighted by molar-refractivity contribution is -0.143. The molecule has 2 aromatic heterocycles. The van der Waals surface area contributed by atoms with E-state index < -0.39 is 0 Å². The van der Waals surface area contributed by atoms with Crippen LogP contribution in [0.25, 0.3) is 0 Å². The first-order valence-corrected chi connectivity index (χ1v) is 8.80. The van der Waals surface area contributed by atoms with Crippen molar-refractivity contribution >= 4 is 49.7 Å². The van der Waals surface area contributed by atoms with Crippen LogP contribution in [0.3, 0.4) is 0 Å². The number of nitrogens with one attached hydrogen (secondary N) is 1. The van der Waals surface area contributed by atoms with Crippen LogP contribution in [0, 0.1) is 0 Å². The summed E-state index contributed by atoms with van der Waals surface area (Å²) < 4.78 is 6.02. The SMILES string of the molecule is CCOC(=O)CCc1csc(NCc2sccc2Br)n1. The van der Waals surface area contributed by atoms with E-state index in [1.165, 1.54) is 4.88 Å². The molecule has 0 saturated carbocycles. The van der Waals surface area contributed by atoms with Crippen molar-refractivity contribution in [3.8, 4) is 0 Å². The Bertz CT molecular complexity index is 568. The lowest BCUT2D eigenvalue weighted by Gasteiger charge is -2.01. The minimum Gasteiger partial charge on any atom is -0.466 e. The number of nitrogens with zero attached hydrogens (tertiary/aromatic N) is 1. The number of halogens is 1. The number of carbonyl (C=O) groups is 1. The molecule has 0 aromatic carbocycles. The van der Waals surface area contributed by atoms with Crippen molar-refractivity contribution < 1.29 is 9.53 Å². The second-order valence-corrected chi connectivity index (χ2v) is 6.71. The summed E-state index contributed by atoms with van der Waals surface area (Å²) in [6.07, 6.45) is 1.01. The van der Waals surface area contributed by atoms with Crippen molar-refractivity contribution in [2.24, 2.45) is 0 Å². The Hall–Kier alpha value is -0.920. The summed E-state index contributed by atoms with van der Waals surface area (Å²) >= 11 is 6.76. The molecule has 2 heterocycles. The van der Waals surface area contributed by atoms with Crippen LogP contribution in [0.4, 0.5) is 5.13 Å².